The van der Waals surface area contributed by atoms with Crippen molar-refractivity contribution in [3.8, 4) is 11.3 Å². The number of halogens is 1. The zero-order valence-electron chi connectivity index (χ0n) is 21.4. The number of carbonyl (C=O) groups is 1. The molecule has 4 heterocycles. The predicted octanol–water partition coefficient (Wildman–Crippen LogP) is 5.49. The predicted molar refractivity (Wildman–Crippen MR) is 148 cm³/mol. The Bertz CT molecular complexity index is 1570. The third-order valence-electron chi connectivity index (χ3n) is 6.85. The number of aromatic nitrogens is 2. The molecule has 1 saturated heterocycles. The summed E-state index contributed by atoms with van der Waals surface area (Å²) in [6, 6.07) is 10.9. The molecule has 1 aliphatic rings. The number of aryl methyl sites for hydroxylation is 1. The normalized spacial score (nSPS) is 14.5. The minimum atomic E-state index is -0.926. The second kappa shape index (κ2) is 10.3. The fourth-order valence-electron chi connectivity index (χ4n) is 4.86. The minimum absolute atomic E-state index is 0.0765. The number of amides is 1. The zero-order valence-corrected chi connectivity index (χ0v) is 22.1. The number of piperazine rings is 1. The van der Waals surface area contributed by atoms with E-state index in [0.717, 1.165) is 22.4 Å². The number of fused-ring (bicyclic) bond motifs is 1. The molecular formula is C28H28ClN5O4. The van der Waals surface area contributed by atoms with E-state index >= 15 is 0 Å². The first-order chi connectivity index (χ1) is 18.2. The molecule has 1 fully saturated rings. The van der Waals surface area contributed by atoms with Gasteiger partial charge in [0.1, 0.15) is 16.5 Å². The highest BCUT2D eigenvalue weighted by molar-refractivity contribution is 6.29. The van der Waals surface area contributed by atoms with Gasteiger partial charge in [0.25, 0.3) is 0 Å². The zero-order chi connectivity index (χ0) is 27.0. The molecule has 0 bridgehead atoms. The Labute approximate surface area is 224 Å². The first kappa shape index (κ1) is 25.5. The van der Waals surface area contributed by atoms with E-state index in [1.54, 1.807) is 25.4 Å². The van der Waals surface area contributed by atoms with Gasteiger partial charge in [-0.05, 0) is 56.7 Å². The van der Waals surface area contributed by atoms with Gasteiger partial charge >= 0.3 is 6.09 Å². The number of rotatable bonds is 5. The van der Waals surface area contributed by atoms with Crippen LogP contribution < -0.4 is 15.6 Å². The lowest BCUT2D eigenvalue weighted by Crippen LogP contribution is -2.48. The second-order valence-corrected chi connectivity index (χ2v) is 9.87. The number of hydrogen-bond donors (Lipinski definition) is 2. The van der Waals surface area contributed by atoms with Crippen LogP contribution >= 0.6 is 11.6 Å². The molecule has 196 valence electrons. The van der Waals surface area contributed by atoms with Gasteiger partial charge in [-0.25, -0.2) is 9.78 Å². The number of nitrogens with one attached hydrogen (secondary N) is 1. The molecule has 1 aliphatic heterocycles. The van der Waals surface area contributed by atoms with Gasteiger partial charge in [0.15, 0.2) is 11.2 Å². The number of hydrogen-bond acceptors (Lipinski definition) is 7. The number of nitrogens with zero attached hydrogens (tertiary/aromatic N) is 4. The summed E-state index contributed by atoms with van der Waals surface area (Å²) in [5.41, 5.74) is 4.24. The Hall–Kier alpha value is -4.11. The Morgan fingerprint density at radius 3 is 2.61 bits per heavy atom. The molecule has 0 saturated carbocycles. The van der Waals surface area contributed by atoms with Crippen molar-refractivity contribution in [2.45, 2.75) is 26.8 Å². The Balaban J connectivity index is 1.54. The van der Waals surface area contributed by atoms with E-state index in [9.17, 15) is 14.7 Å². The Morgan fingerprint density at radius 2 is 1.92 bits per heavy atom. The quantitative estimate of drug-likeness (QED) is 0.324. The lowest BCUT2D eigenvalue weighted by atomic mass is 9.99. The van der Waals surface area contributed by atoms with Crippen LogP contribution in [0.25, 0.3) is 22.3 Å². The summed E-state index contributed by atoms with van der Waals surface area (Å²) in [5, 5.41) is 13.7. The van der Waals surface area contributed by atoms with Gasteiger partial charge in [0.2, 0.25) is 0 Å². The second-order valence-electron chi connectivity index (χ2n) is 9.49. The van der Waals surface area contributed by atoms with Gasteiger partial charge < -0.3 is 24.6 Å². The van der Waals surface area contributed by atoms with E-state index in [2.05, 4.69) is 15.3 Å². The summed E-state index contributed by atoms with van der Waals surface area (Å²) in [4.78, 5) is 36.9. The summed E-state index contributed by atoms with van der Waals surface area (Å²) in [6.45, 7) is 7.48. The molecule has 9 nitrogen and oxygen atoms in total. The van der Waals surface area contributed by atoms with Crippen molar-refractivity contribution in [3.63, 3.8) is 0 Å². The fraction of sp³-hybridized carbons (Fsp3) is 0.286. The van der Waals surface area contributed by atoms with Crippen molar-refractivity contribution >= 4 is 40.2 Å². The van der Waals surface area contributed by atoms with Crippen molar-refractivity contribution in [2.24, 2.45) is 0 Å². The van der Waals surface area contributed by atoms with Crippen molar-refractivity contribution in [1.82, 2.24) is 14.9 Å². The standard InChI is InChI=1S/C28H28ClN5O4/c1-16-13-20(26-21(14-16)24(35)17(2)25(38-26)19-5-4-8-30-15-19)18(3)31-22-6-7-23(29)32-27(22)33-9-11-34(12-10-33)28(36)37/h4-8,13-15,18,31H,9-12H2,1-3H3,(H,36,37). The Kier molecular flexibility index (Phi) is 6.94. The molecule has 38 heavy (non-hydrogen) atoms. The van der Waals surface area contributed by atoms with E-state index in [1.807, 2.05) is 49.1 Å². The lowest BCUT2D eigenvalue weighted by molar-refractivity contribution is 0.142. The number of pyridine rings is 2. The monoisotopic (exact) mass is 533 g/mol. The smallest absolute Gasteiger partial charge is 0.407 e. The molecule has 0 aliphatic carbocycles. The van der Waals surface area contributed by atoms with E-state index in [4.69, 9.17) is 16.0 Å². The molecule has 1 unspecified atom stereocenters. The highest BCUT2D eigenvalue weighted by Gasteiger charge is 2.25. The fourth-order valence-corrected chi connectivity index (χ4v) is 5.00. The third-order valence-corrected chi connectivity index (χ3v) is 7.06. The lowest BCUT2D eigenvalue weighted by Gasteiger charge is -2.35. The van der Waals surface area contributed by atoms with Crippen LogP contribution in [0.1, 0.15) is 29.7 Å². The van der Waals surface area contributed by atoms with E-state index < -0.39 is 6.09 Å². The number of carboxylic acid groups (broad SMARTS) is 1. The van der Waals surface area contributed by atoms with Gasteiger partial charge in [0, 0.05) is 55.3 Å². The van der Waals surface area contributed by atoms with Crippen LogP contribution in [0.4, 0.5) is 16.3 Å². The van der Waals surface area contributed by atoms with Crippen LogP contribution in [0, 0.1) is 13.8 Å². The van der Waals surface area contributed by atoms with Crippen molar-refractivity contribution in [2.75, 3.05) is 36.4 Å². The molecule has 3 aromatic heterocycles. The maximum atomic E-state index is 13.4. The molecular weight excluding hydrogens is 506 g/mol. The van der Waals surface area contributed by atoms with Crippen LogP contribution in [-0.2, 0) is 0 Å². The maximum Gasteiger partial charge on any atom is 0.407 e. The van der Waals surface area contributed by atoms with Crippen molar-refractivity contribution in [3.05, 3.63) is 80.9 Å². The van der Waals surface area contributed by atoms with Gasteiger partial charge in [-0.1, -0.05) is 17.7 Å². The van der Waals surface area contributed by atoms with E-state index in [-0.39, 0.29) is 11.5 Å². The summed E-state index contributed by atoms with van der Waals surface area (Å²) >= 11 is 6.25. The largest absolute Gasteiger partial charge is 0.465 e. The topological polar surface area (TPSA) is 112 Å². The summed E-state index contributed by atoms with van der Waals surface area (Å²) in [7, 11) is 0. The van der Waals surface area contributed by atoms with E-state index in [1.165, 1.54) is 4.90 Å². The molecule has 1 aromatic carbocycles. The summed E-state index contributed by atoms with van der Waals surface area (Å²) in [5.74, 6) is 1.15. The van der Waals surface area contributed by atoms with Gasteiger partial charge in [-0.2, -0.15) is 0 Å². The SMILES string of the molecule is Cc1cc(C(C)Nc2ccc(Cl)nc2N2CCN(C(=O)O)CC2)c2oc(-c3cccnc3)c(C)c(=O)c2c1. The molecule has 0 radical (unpaired) electrons. The maximum absolute atomic E-state index is 13.4. The third kappa shape index (κ3) is 4.89. The molecule has 10 heteroatoms. The number of anilines is 2. The van der Waals surface area contributed by atoms with Crippen LogP contribution in [0.5, 0.6) is 0 Å². The minimum Gasteiger partial charge on any atom is -0.465 e. The van der Waals surface area contributed by atoms with Crippen LogP contribution in [0.3, 0.4) is 0 Å². The van der Waals surface area contributed by atoms with Crippen LogP contribution in [-0.4, -0.2) is 52.2 Å². The molecule has 1 amide bonds. The molecule has 0 spiro atoms. The highest BCUT2D eigenvalue weighted by Crippen LogP contribution is 2.34. The van der Waals surface area contributed by atoms with E-state index in [0.29, 0.717) is 59.4 Å². The average molecular weight is 534 g/mol. The average Bonchev–Trinajstić information content (AvgIpc) is 2.92. The molecule has 5 rings (SSSR count). The molecule has 4 aromatic rings. The van der Waals surface area contributed by atoms with Gasteiger partial charge in [-0.15, -0.1) is 0 Å². The Morgan fingerprint density at radius 1 is 1.16 bits per heavy atom. The van der Waals surface area contributed by atoms with Crippen LogP contribution in [0.15, 0.2) is 58.0 Å². The first-order valence-electron chi connectivity index (χ1n) is 12.4. The van der Waals surface area contributed by atoms with Gasteiger partial charge in [-0.3, -0.25) is 9.78 Å². The van der Waals surface area contributed by atoms with Gasteiger partial charge in [0.05, 0.1) is 17.1 Å². The van der Waals surface area contributed by atoms with Crippen molar-refractivity contribution < 1.29 is 14.3 Å². The first-order valence-corrected chi connectivity index (χ1v) is 12.7. The van der Waals surface area contributed by atoms with Crippen molar-refractivity contribution in [1.29, 1.82) is 0 Å². The molecule has 1 atom stereocenters. The summed E-state index contributed by atoms with van der Waals surface area (Å²) in [6.07, 6.45) is 2.44. The highest BCUT2D eigenvalue weighted by atomic mass is 35.5. The summed E-state index contributed by atoms with van der Waals surface area (Å²) < 4.78 is 6.42. The molecule has 2 N–H and O–H groups in total. The van der Waals surface area contributed by atoms with Crippen LogP contribution in [0.2, 0.25) is 5.15 Å². The number of benzene rings is 1.